The monoisotopic (exact) mass is 460 g/mol. The molecule has 0 saturated carbocycles. The molecular weight excluding hydrogens is 443 g/mol. The van der Waals surface area contributed by atoms with Gasteiger partial charge in [-0.05, 0) is 36.6 Å². The van der Waals surface area contributed by atoms with E-state index in [2.05, 4.69) is 5.32 Å². The lowest BCUT2D eigenvalue weighted by Gasteiger charge is -2.31. The Kier molecular flexibility index (Phi) is 6.89. The molecule has 0 atom stereocenters. The van der Waals surface area contributed by atoms with E-state index in [-0.39, 0.29) is 39.9 Å². The molecule has 2 aromatic carbocycles. The van der Waals surface area contributed by atoms with Gasteiger partial charge in [0.05, 0.1) is 10.0 Å². The number of hydrogen-bond donors (Lipinski definition) is 1. The fourth-order valence-corrected chi connectivity index (χ4v) is 5.95. The molecule has 1 amide bonds. The molecule has 5 nitrogen and oxygen atoms in total. The first-order valence-electron chi connectivity index (χ1n) is 8.76. The summed E-state index contributed by atoms with van der Waals surface area (Å²) >= 11 is 18.2. The molecule has 28 heavy (non-hydrogen) atoms. The van der Waals surface area contributed by atoms with Crippen molar-refractivity contribution in [1.82, 2.24) is 9.62 Å². The molecule has 0 bridgehead atoms. The quantitative estimate of drug-likeness (QED) is 0.719. The molecule has 2 aromatic rings. The first kappa shape index (κ1) is 21.4. The number of rotatable bonds is 5. The zero-order chi connectivity index (χ0) is 20.3. The molecule has 3 rings (SSSR count). The van der Waals surface area contributed by atoms with Crippen molar-refractivity contribution in [3.8, 4) is 0 Å². The number of carbonyl (C=O) groups excluding carboxylic acids is 1. The van der Waals surface area contributed by atoms with E-state index >= 15 is 0 Å². The van der Waals surface area contributed by atoms with Gasteiger partial charge >= 0.3 is 0 Å². The Morgan fingerprint density at radius 2 is 1.54 bits per heavy atom. The standard InChI is InChI=1S/C19H19Cl3N2O3S/c20-15-5-2-1-4-14(15)12-23-19(25)13-8-10-24(11-9-13)28(26,27)18-16(21)6-3-7-17(18)22/h1-7,13H,8-12H2,(H,23,25). The van der Waals surface area contributed by atoms with Gasteiger partial charge in [0.25, 0.3) is 0 Å². The van der Waals surface area contributed by atoms with Crippen LogP contribution in [0.3, 0.4) is 0 Å². The Labute approximate surface area is 179 Å². The van der Waals surface area contributed by atoms with Gasteiger partial charge < -0.3 is 5.32 Å². The molecule has 1 fully saturated rings. The molecule has 0 unspecified atom stereocenters. The summed E-state index contributed by atoms with van der Waals surface area (Å²) < 4.78 is 27.1. The van der Waals surface area contributed by atoms with Crippen molar-refractivity contribution in [3.63, 3.8) is 0 Å². The normalized spacial score (nSPS) is 16.1. The van der Waals surface area contributed by atoms with Crippen molar-refractivity contribution < 1.29 is 13.2 Å². The SMILES string of the molecule is O=C(NCc1ccccc1Cl)C1CCN(S(=O)(=O)c2c(Cl)cccc2Cl)CC1. The van der Waals surface area contributed by atoms with E-state index in [4.69, 9.17) is 34.8 Å². The molecule has 0 spiro atoms. The third kappa shape index (κ3) is 4.63. The smallest absolute Gasteiger partial charge is 0.246 e. The van der Waals surface area contributed by atoms with Crippen molar-refractivity contribution in [2.45, 2.75) is 24.3 Å². The lowest BCUT2D eigenvalue weighted by atomic mass is 9.97. The lowest BCUT2D eigenvalue weighted by molar-refractivity contribution is -0.126. The van der Waals surface area contributed by atoms with Crippen LogP contribution in [-0.2, 0) is 21.4 Å². The zero-order valence-corrected chi connectivity index (χ0v) is 18.0. The second-order valence-corrected chi connectivity index (χ2v) is 9.63. The highest BCUT2D eigenvalue weighted by atomic mass is 35.5. The van der Waals surface area contributed by atoms with Crippen LogP contribution in [0.25, 0.3) is 0 Å². The van der Waals surface area contributed by atoms with Crippen molar-refractivity contribution in [3.05, 3.63) is 63.1 Å². The molecule has 1 aliphatic heterocycles. The summed E-state index contributed by atoms with van der Waals surface area (Å²) in [4.78, 5) is 12.4. The van der Waals surface area contributed by atoms with Gasteiger partial charge in [0.1, 0.15) is 4.90 Å². The predicted octanol–water partition coefficient (Wildman–Crippen LogP) is 4.36. The Bertz CT molecular complexity index is 954. The zero-order valence-electron chi connectivity index (χ0n) is 14.9. The van der Waals surface area contributed by atoms with Gasteiger partial charge in [0.15, 0.2) is 0 Å². The van der Waals surface area contributed by atoms with Gasteiger partial charge in [-0.25, -0.2) is 8.42 Å². The van der Waals surface area contributed by atoms with Crippen LogP contribution in [0.1, 0.15) is 18.4 Å². The number of carbonyl (C=O) groups is 1. The minimum absolute atomic E-state index is 0.0834. The summed E-state index contributed by atoms with van der Waals surface area (Å²) in [5.74, 6) is -0.358. The van der Waals surface area contributed by atoms with E-state index < -0.39 is 10.0 Å². The third-order valence-electron chi connectivity index (χ3n) is 4.75. The highest BCUT2D eigenvalue weighted by Crippen LogP contribution is 2.33. The molecule has 150 valence electrons. The molecule has 1 saturated heterocycles. The van der Waals surface area contributed by atoms with Crippen LogP contribution in [0.2, 0.25) is 15.1 Å². The first-order valence-corrected chi connectivity index (χ1v) is 11.3. The summed E-state index contributed by atoms with van der Waals surface area (Å²) in [6, 6.07) is 11.9. The van der Waals surface area contributed by atoms with Gasteiger partial charge in [-0.3, -0.25) is 4.79 Å². The number of benzene rings is 2. The largest absolute Gasteiger partial charge is 0.352 e. The predicted molar refractivity (Wildman–Crippen MR) is 111 cm³/mol. The lowest BCUT2D eigenvalue weighted by Crippen LogP contribution is -2.43. The molecule has 1 heterocycles. The maximum atomic E-state index is 12.9. The van der Waals surface area contributed by atoms with Crippen LogP contribution in [-0.4, -0.2) is 31.7 Å². The van der Waals surface area contributed by atoms with Crippen LogP contribution in [0, 0.1) is 5.92 Å². The second kappa shape index (κ2) is 9.01. The first-order chi connectivity index (χ1) is 13.3. The molecule has 1 aliphatic rings. The van der Waals surface area contributed by atoms with Crippen molar-refractivity contribution in [2.75, 3.05) is 13.1 Å². The minimum Gasteiger partial charge on any atom is -0.352 e. The number of sulfonamides is 1. The summed E-state index contributed by atoms with van der Waals surface area (Å²) in [7, 11) is -3.81. The van der Waals surface area contributed by atoms with Gasteiger partial charge in [0.2, 0.25) is 15.9 Å². The molecule has 1 N–H and O–H groups in total. The Morgan fingerprint density at radius 3 is 2.14 bits per heavy atom. The van der Waals surface area contributed by atoms with Gasteiger partial charge in [-0.15, -0.1) is 0 Å². The summed E-state index contributed by atoms with van der Waals surface area (Å²) in [5.41, 5.74) is 0.839. The number of amides is 1. The van der Waals surface area contributed by atoms with Crippen molar-refractivity contribution in [1.29, 1.82) is 0 Å². The van der Waals surface area contributed by atoms with E-state index in [1.165, 1.54) is 16.4 Å². The van der Waals surface area contributed by atoms with Crippen LogP contribution in [0.5, 0.6) is 0 Å². The fraction of sp³-hybridized carbons (Fsp3) is 0.316. The van der Waals surface area contributed by atoms with Crippen molar-refractivity contribution >= 4 is 50.7 Å². The molecule has 0 aromatic heterocycles. The topological polar surface area (TPSA) is 66.5 Å². The van der Waals surface area contributed by atoms with Crippen molar-refractivity contribution in [2.24, 2.45) is 5.92 Å². The highest BCUT2D eigenvalue weighted by molar-refractivity contribution is 7.89. The maximum absolute atomic E-state index is 12.9. The van der Waals surface area contributed by atoms with Crippen LogP contribution >= 0.6 is 34.8 Å². The molecule has 0 radical (unpaired) electrons. The summed E-state index contributed by atoms with van der Waals surface area (Å²) in [6.45, 7) is 0.800. The van der Waals surface area contributed by atoms with Crippen LogP contribution in [0.15, 0.2) is 47.4 Å². The Hall–Kier alpha value is -1.31. The summed E-state index contributed by atoms with van der Waals surface area (Å²) in [5, 5.41) is 3.66. The number of nitrogens with zero attached hydrogens (tertiary/aromatic N) is 1. The summed E-state index contributed by atoms with van der Waals surface area (Å²) in [6.07, 6.45) is 0.852. The third-order valence-corrected chi connectivity index (χ3v) is 7.98. The second-order valence-electron chi connectivity index (χ2n) is 6.54. The Balaban J connectivity index is 1.61. The average molecular weight is 462 g/mol. The minimum atomic E-state index is -3.81. The highest BCUT2D eigenvalue weighted by Gasteiger charge is 2.34. The Morgan fingerprint density at radius 1 is 0.964 bits per heavy atom. The molecule has 9 heteroatoms. The average Bonchev–Trinajstić information content (AvgIpc) is 2.67. The van der Waals surface area contributed by atoms with Gasteiger partial charge in [-0.1, -0.05) is 59.1 Å². The van der Waals surface area contributed by atoms with E-state index in [0.29, 0.717) is 24.4 Å². The van der Waals surface area contributed by atoms with E-state index in [9.17, 15) is 13.2 Å². The van der Waals surface area contributed by atoms with Crippen LogP contribution < -0.4 is 5.32 Å². The fourth-order valence-electron chi connectivity index (χ4n) is 3.18. The number of nitrogens with one attached hydrogen (secondary N) is 1. The van der Waals surface area contributed by atoms with E-state index in [1.807, 2.05) is 18.2 Å². The maximum Gasteiger partial charge on any atom is 0.246 e. The van der Waals surface area contributed by atoms with Gasteiger partial charge in [0, 0.05) is 30.6 Å². The number of halogens is 3. The van der Waals surface area contributed by atoms with E-state index in [1.54, 1.807) is 12.1 Å². The molecule has 0 aliphatic carbocycles. The van der Waals surface area contributed by atoms with Gasteiger partial charge in [-0.2, -0.15) is 4.31 Å². The number of hydrogen-bond acceptors (Lipinski definition) is 3. The molecular formula is C19H19Cl3N2O3S. The number of piperidine rings is 1. The van der Waals surface area contributed by atoms with Crippen LogP contribution in [0.4, 0.5) is 0 Å². The van der Waals surface area contributed by atoms with E-state index in [0.717, 1.165) is 5.56 Å².